The molecule has 0 atom stereocenters. The maximum absolute atomic E-state index is 12.2. The van der Waals surface area contributed by atoms with Crippen LogP contribution in [0.25, 0.3) is 0 Å². The molecule has 1 saturated heterocycles. The van der Waals surface area contributed by atoms with Gasteiger partial charge in [-0.05, 0) is 18.8 Å². The van der Waals surface area contributed by atoms with Crippen molar-refractivity contribution in [2.75, 3.05) is 32.7 Å². The second-order valence-electron chi connectivity index (χ2n) is 5.60. The lowest BCUT2D eigenvalue weighted by Gasteiger charge is -2.34. The molecule has 1 aliphatic heterocycles. The quantitative estimate of drug-likeness (QED) is 0.336. The molecule has 2 rings (SSSR count). The average Bonchev–Trinajstić information content (AvgIpc) is 2.92. The topological polar surface area (TPSA) is 82.2 Å². The lowest BCUT2D eigenvalue weighted by Crippen LogP contribution is -2.50. The second kappa shape index (κ2) is 6.75. The van der Waals surface area contributed by atoms with Gasteiger partial charge in [0.05, 0.1) is 6.54 Å². The Bertz CT molecular complexity index is 332. The zero-order valence-electron chi connectivity index (χ0n) is 11.4. The molecule has 6 nitrogen and oxygen atoms in total. The SMILES string of the molecule is NC(CN1CCN(C(=O)CC2CCCC2)CC1)=NO. The van der Waals surface area contributed by atoms with Crippen LogP contribution in [0.2, 0.25) is 0 Å². The van der Waals surface area contributed by atoms with Crippen LogP contribution in [-0.4, -0.2) is 59.5 Å². The van der Waals surface area contributed by atoms with Gasteiger partial charge in [0.15, 0.2) is 5.84 Å². The van der Waals surface area contributed by atoms with E-state index >= 15 is 0 Å². The largest absolute Gasteiger partial charge is 0.409 e. The van der Waals surface area contributed by atoms with Gasteiger partial charge in [-0.2, -0.15) is 0 Å². The number of nitrogens with zero attached hydrogens (tertiary/aromatic N) is 3. The van der Waals surface area contributed by atoms with Crippen LogP contribution >= 0.6 is 0 Å². The molecular formula is C13H24N4O2. The van der Waals surface area contributed by atoms with Crippen molar-refractivity contribution in [2.24, 2.45) is 16.8 Å². The molecule has 0 aromatic rings. The van der Waals surface area contributed by atoms with Gasteiger partial charge in [-0.15, -0.1) is 0 Å². The summed E-state index contributed by atoms with van der Waals surface area (Å²) >= 11 is 0. The maximum Gasteiger partial charge on any atom is 0.222 e. The molecule has 108 valence electrons. The zero-order valence-corrected chi connectivity index (χ0v) is 11.4. The van der Waals surface area contributed by atoms with Crippen molar-refractivity contribution in [1.29, 1.82) is 0 Å². The van der Waals surface area contributed by atoms with Crippen molar-refractivity contribution in [2.45, 2.75) is 32.1 Å². The smallest absolute Gasteiger partial charge is 0.222 e. The molecule has 0 aromatic heterocycles. The van der Waals surface area contributed by atoms with Gasteiger partial charge in [-0.25, -0.2) is 0 Å². The summed E-state index contributed by atoms with van der Waals surface area (Å²) in [6.45, 7) is 3.58. The van der Waals surface area contributed by atoms with Crippen LogP contribution in [0.15, 0.2) is 5.16 Å². The van der Waals surface area contributed by atoms with E-state index in [1.54, 1.807) is 0 Å². The van der Waals surface area contributed by atoms with Gasteiger partial charge in [0, 0.05) is 32.6 Å². The Morgan fingerprint density at radius 1 is 1.21 bits per heavy atom. The summed E-state index contributed by atoms with van der Waals surface area (Å²) in [5, 5.41) is 11.5. The highest BCUT2D eigenvalue weighted by Gasteiger charge is 2.25. The fraction of sp³-hybridized carbons (Fsp3) is 0.846. The van der Waals surface area contributed by atoms with E-state index < -0.39 is 0 Å². The summed E-state index contributed by atoms with van der Waals surface area (Å²) in [5.74, 6) is 1.14. The maximum atomic E-state index is 12.2. The minimum atomic E-state index is 0.228. The molecule has 0 spiro atoms. The predicted molar refractivity (Wildman–Crippen MR) is 73.0 cm³/mol. The first-order valence-corrected chi connectivity index (χ1v) is 7.15. The number of oxime groups is 1. The van der Waals surface area contributed by atoms with Crippen LogP contribution in [0, 0.1) is 5.92 Å². The number of carbonyl (C=O) groups is 1. The Hall–Kier alpha value is -1.30. The van der Waals surface area contributed by atoms with Gasteiger partial charge in [0.25, 0.3) is 0 Å². The lowest BCUT2D eigenvalue weighted by atomic mass is 10.0. The van der Waals surface area contributed by atoms with E-state index in [2.05, 4.69) is 10.1 Å². The van der Waals surface area contributed by atoms with Crippen LogP contribution in [0.5, 0.6) is 0 Å². The molecule has 1 saturated carbocycles. The Labute approximate surface area is 114 Å². The molecule has 1 amide bonds. The van der Waals surface area contributed by atoms with E-state index in [-0.39, 0.29) is 5.84 Å². The molecule has 0 bridgehead atoms. The van der Waals surface area contributed by atoms with Crippen LogP contribution in [0.3, 0.4) is 0 Å². The van der Waals surface area contributed by atoms with Gasteiger partial charge >= 0.3 is 0 Å². The molecule has 2 fully saturated rings. The molecule has 2 aliphatic rings. The first-order chi connectivity index (χ1) is 9.19. The number of hydrogen-bond donors (Lipinski definition) is 2. The molecule has 0 radical (unpaired) electrons. The minimum Gasteiger partial charge on any atom is -0.409 e. The number of carbonyl (C=O) groups excluding carboxylic acids is 1. The second-order valence-corrected chi connectivity index (χ2v) is 5.60. The normalized spacial score (nSPS) is 22.9. The van der Waals surface area contributed by atoms with Crippen molar-refractivity contribution in [1.82, 2.24) is 9.80 Å². The molecule has 0 aromatic carbocycles. The van der Waals surface area contributed by atoms with E-state index in [1.807, 2.05) is 4.90 Å². The summed E-state index contributed by atoms with van der Waals surface area (Å²) in [5.41, 5.74) is 5.48. The minimum absolute atomic E-state index is 0.228. The fourth-order valence-corrected chi connectivity index (χ4v) is 3.01. The van der Waals surface area contributed by atoms with Crippen LogP contribution in [-0.2, 0) is 4.79 Å². The Morgan fingerprint density at radius 3 is 2.42 bits per heavy atom. The first kappa shape index (κ1) is 14.1. The molecule has 6 heteroatoms. The number of hydrogen-bond acceptors (Lipinski definition) is 4. The highest BCUT2D eigenvalue weighted by atomic mass is 16.4. The highest BCUT2D eigenvalue weighted by Crippen LogP contribution is 2.28. The van der Waals surface area contributed by atoms with Crippen molar-refractivity contribution < 1.29 is 10.0 Å². The van der Waals surface area contributed by atoms with Gasteiger partial charge in [0.2, 0.25) is 5.91 Å². The summed E-state index contributed by atoms with van der Waals surface area (Å²) < 4.78 is 0. The van der Waals surface area contributed by atoms with E-state index in [0.717, 1.165) is 32.6 Å². The molecule has 19 heavy (non-hydrogen) atoms. The number of rotatable bonds is 4. The third kappa shape index (κ3) is 4.09. The Balaban J connectivity index is 1.71. The van der Waals surface area contributed by atoms with Crippen molar-refractivity contribution in [3.05, 3.63) is 0 Å². The number of amidine groups is 1. The van der Waals surface area contributed by atoms with Crippen molar-refractivity contribution in [3.63, 3.8) is 0 Å². The number of nitrogens with two attached hydrogens (primary N) is 1. The Kier molecular flexibility index (Phi) is 5.01. The van der Waals surface area contributed by atoms with Gasteiger partial charge in [0.1, 0.15) is 0 Å². The monoisotopic (exact) mass is 268 g/mol. The average molecular weight is 268 g/mol. The third-order valence-electron chi connectivity index (χ3n) is 4.18. The summed E-state index contributed by atoms with van der Waals surface area (Å²) in [7, 11) is 0. The zero-order chi connectivity index (χ0) is 13.7. The van der Waals surface area contributed by atoms with Gasteiger partial charge in [-0.1, -0.05) is 18.0 Å². The predicted octanol–water partition coefficient (Wildman–Crippen LogP) is 0.457. The molecule has 0 unspecified atom stereocenters. The lowest BCUT2D eigenvalue weighted by molar-refractivity contribution is -0.133. The summed E-state index contributed by atoms with van der Waals surface area (Å²) in [6.07, 6.45) is 5.72. The van der Waals surface area contributed by atoms with Gasteiger partial charge in [-0.3, -0.25) is 9.69 Å². The van der Waals surface area contributed by atoms with Gasteiger partial charge < -0.3 is 15.8 Å². The van der Waals surface area contributed by atoms with Crippen molar-refractivity contribution in [3.8, 4) is 0 Å². The first-order valence-electron chi connectivity index (χ1n) is 7.15. The fourth-order valence-electron chi connectivity index (χ4n) is 3.01. The molecule has 1 aliphatic carbocycles. The molecule has 3 N–H and O–H groups in total. The number of amides is 1. The van der Waals surface area contributed by atoms with Crippen molar-refractivity contribution >= 4 is 11.7 Å². The standard InChI is InChI=1S/C13H24N4O2/c14-12(15-19)10-16-5-7-17(8-6-16)13(18)9-11-3-1-2-4-11/h11,19H,1-10H2,(H2,14,15). The van der Waals surface area contributed by atoms with E-state index in [4.69, 9.17) is 10.9 Å². The summed E-state index contributed by atoms with van der Waals surface area (Å²) in [6, 6.07) is 0. The van der Waals surface area contributed by atoms with E-state index in [1.165, 1.54) is 25.7 Å². The molecular weight excluding hydrogens is 244 g/mol. The summed E-state index contributed by atoms with van der Waals surface area (Å²) in [4.78, 5) is 16.2. The van der Waals surface area contributed by atoms with Crippen LogP contribution in [0.1, 0.15) is 32.1 Å². The third-order valence-corrected chi connectivity index (χ3v) is 4.18. The molecule has 1 heterocycles. The van der Waals surface area contributed by atoms with Crippen LogP contribution < -0.4 is 5.73 Å². The number of piperazine rings is 1. The highest BCUT2D eigenvalue weighted by molar-refractivity contribution is 5.81. The van der Waals surface area contributed by atoms with E-state index in [9.17, 15) is 4.79 Å². The van der Waals surface area contributed by atoms with E-state index in [0.29, 0.717) is 18.4 Å². The van der Waals surface area contributed by atoms with Crippen LogP contribution in [0.4, 0.5) is 0 Å². The Morgan fingerprint density at radius 2 is 1.84 bits per heavy atom.